The fraction of sp³-hybridized carbons (Fsp3) is 0.385. The highest BCUT2D eigenvalue weighted by Crippen LogP contribution is 2.35. The molecule has 1 aliphatic rings. The molecule has 0 saturated heterocycles. The third kappa shape index (κ3) is 4.33. The van der Waals surface area contributed by atoms with Gasteiger partial charge in [-0.15, -0.1) is 4.83 Å². The number of carbonyl (C=O) groups excluding carboxylic acids is 1. The Morgan fingerprint density at radius 2 is 1.87 bits per heavy atom. The second-order valence-corrected chi connectivity index (χ2v) is 6.52. The van der Waals surface area contributed by atoms with Crippen LogP contribution in [0.5, 0.6) is 11.5 Å². The highest BCUT2D eigenvalue weighted by molar-refractivity contribution is 7.89. The van der Waals surface area contributed by atoms with Gasteiger partial charge in [0, 0.05) is 18.9 Å². The van der Waals surface area contributed by atoms with Crippen LogP contribution in [0.2, 0.25) is 0 Å². The number of nitrogens with one attached hydrogen (secondary N) is 2. The van der Waals surface area contributed by atoms with Crippen molar-refractivity contribution < 1.29 is 32.6 Å². The first-order chi connectivity index (χ1) is 10.8. The molecule has 9 nitrogen and oxygen atoms in total. The van der Waals surface area contributed by atoms with Crippen LogP contribution < -0.4 is 19.7 Å². The van der Waals surface area contributed by atoms with E-state index in [1.54, 1.807) is 6.92 Å². The largest absolute Gasteiger partial charge is 0.481 e. The average Bonchev–Trinajstić information content (AvgIpc) is 2.91. The van der Waals surface area contributed by atoms with Crippen LogP contribution in [0.25, 0.3) is 0 Å². The Morgan fingerprint density at radius 1 is 1.22 bits per heavy atom. The lowest BCUT2D eigenvalue weighted by molar-refractivity contribution is -0.137. The van der Waals surface area contributed by atoms with E-state index < -0.39 is 21.9 Å². The minimum Gasteiger partial charge on any atom is -0.481 e. The first-order valence-corrected chi connectivity index (χ1v) is 8.20. The fourth-order valence-electron chi connectivity index (χ4n) is 1.96. The van der Waals surface area contributed by atoms with Gasteiger partial charge in [0.25, 0.3) is 10.0 Å². The molecule has 1 amide bonds. The predicted octanol–water partition coefficient (Wildman–Crippen LogP) is 0.288. The van der Waals surface area contributed by atoms with Crippen LogP contribution >= 0.6 is 0 Å². The summed E-state index contributed by atoms with van der Waals surface area (Å²) in [6.07, 6.45) is -0.150. The normalized spacial score (nSPS) is 12.9. The summed E-state index contributed by atoms with van der Waals surface area (Å²) in [5, 5.41) is 8.48. The third-order valence-corrected chi connectivity index (χ3v) is 4.47. The topological polar surface area (TPSA) is 131 Å². The van der Waals surface area contributed by atoms with Crippen molar-refractivity contribution >= 4 is 21.9 Å². The van der Waals surface area contributed by atoms with Crippen LogP contribution in [-0.4, -0.2) is 32.2 Å². The number of hydrogen-bond donors (Lipinski definition) is 3. The number of sulfonamides is 1. The molecule has 2 rings (SSSR count). The number of carbonyl (C=O) groups is 2. The molecule has 0 aliphatic carbocycles. The van der Waals surface area contributed by atoms with Gasteiger partial charge in [-0.3, -0.25) is 15.0 Å². The number of amides is 1. The van der Waals surface area contributed by atoms with Crippen LogP contribution in [0.3, 0.4) is 0 Å². The van der Waals surface area contributed by atoms with E-state index in [9.17, 15) is 18.0 Å². The quantitative estimate of drug-likeness (QED) is 0.606. The van der Waals surface area contributed by atoms with Crippen molar-refractivity contribution in [1.29, 1.82) is 0 Å². The van der Waals surface area contributed by atoms with Crippen LogP contribution in [0.4, 0.5) is 0 Å². The van der Waals surface area contributed by atoms with Gasteiger partial charge < -0.3 is 14.6 Å². The lowest BCUT2D eigenvalue weighted by atomic mass is 10.2. The molecule has 0 atom stereocenters. The van der Waals surface area contributed by atoms with Gasteiger partial charge in [-0.05, 0) is 25.0 Å². The number of rotatable bonds is 7. The van der Waals surface area contributed by atoms with E-state index in [1.807, 2.05) is 10.3 Å². The van der Waals surface area contributed by atoms with Crippen LogP contribution in [0, 0.1) is 6.92 Å². The number of carboxylic acids is 1. The minimum absolute atomic E-state index is 0.0199. The Morgan fingerprint density at radius 3 is 2.52 bits per heavy atom. The van der Waals surface area contributed by atoms with Gasteiger partial charge >= 0.3 is 5.97 Å². The molecule has 10 heteroatoms. The van der Waals surface area contributed by atoms with Gasteiger partial charge in [0.05, 0.1) is 4.90 Å². The second kappa shape index (κ2) is 6.84. The van der Waals surface area contributed by atoms with E-state index in [-0.39, 0.29) is 31.0 Å². The van der Waals surface area contributed by atoms with E-state index >= 15 is 0 Å². The SMILES string of the molecule is Cc1cc2c(cc1S(=O)(=O)NNC(=O)CCCC(=O)O)OCO2. The van der Waals surface area contributed by atoms with Gasteiger partial charge in [0.2, 0.25) is 12.7 Å². The molecule has 0 spiro atoms. The summed E-state index contributed by atoms with van der Waals surface area (Å²) in [4.78, 5) is 23.8. The molecule has 23 heavy (non-hydrogen) atoms. The fourth-order valence-corrected chi connectivity index (χ4v) is 3.06. The summed E-state index contributed by atoms with van der Waals surface area (Å²) in [5.74, 6) is -0.870. The number of carboxylic acid groups (broad SMARTS) is 1. The van der Waals surface area contributed by atoms with Crippen molar-refractivity contribution in [2.75, 3.05) is 6.79 Å². The zero-order valence-electron chi connectivity index (χ0n) is 12.3. The van der Waals surface area contributed by atoms with Gasteiger partial charge in [-0.25, -0.2) is 8.42 Å². The molecule has 1 aliphatic heterocycles. The van der Waals surface area contributed by atoms with Gasteiger partial charge in [0.1, 0.15) is 0 Å². The molecular weight excluding hydrogens is 328 g/mol. The molecule has 0 fully saturated rings. The number of fused-ring (bicyclic) bond motifs is 1. The monoisotopic (exact) mass is 344 g/mol. The maximum absolute atomic E-state index is 12.2. The summed E-state index contributed by atoms with van der Waals surface area (Å²) in [6, 6.07) is 2.85. The standard InChI is InChI=1S/C13H16N2O7S/c1-8-5-9-10(22-7-21-9)6-11(8)23(19,20)15-14-12(16)3-2-4-13(17)18/h5-6,15H,2-4,7H2,1H3,(H,14,16)(H,17,18). The maximum atomic E-state index is 12.2. The molecule has 0 radical (unpaired) electrons. The van der Waals surface area contributed by atoms with E-state index in [0.29, 0.717) is 17.1 Å². The summed E-state index contributed by atoms with van der Waals surface area (Å²) < 4.78 is 34.7. The maximum Gasteiger partial charge on any atom is 0.303 e. The van der Waals surface area contributed by atoms with Crippen molar-refractivity contribution in [2.24, 2.45) is 0 Å². The Labute approximate surface area is 132 Å². The van der Waals surface area contributed by atoms with Crippen molar-refractivity contribution in [3.05, 3.63) is 17.7 Å². The Bertz CT molecular complexity index is 730. The lowest BCUT2D eigenvalue weighted by Gasteiger charge is -2.11. The molecule has 0 saturated carbocycles. The Balaban J connectivity index is 1.99. The summed E-state index contributed by atoms with van der Waals surface area (Å²) >= 11 is 0. The van der Waals surface area contributed by atoms with E-state index in [2.05, 4.69) is 0 Å². The van der Waals surface area contributed by atoms with E-state index in [0.717, 1.165) is 0 Å². The summed E-state index contributed by atoms with van der Waals surface area (Å²) in [5.41, 5.74) is 2.48. The first-order valence-electron chi connectivity index (χ1n) is 6.72. The average molecular weight is 344 g/mol. The Kier molecular flexibility index (Phi) is 5.06. The van der Waals surface area contributed by atoms with E-state index in [1.165, 1.54) is 12.1 Å². The molecule has 3 N–H and O–H groups in total. The molecule has 1 heterocycles. The first kappa shape index (κ1) is 17.0. The highest BCUT2D eigenvalue weighted by Gasteiger charge is 2.23. The number of hydrogen-bond acceptors (Lipinski definition) is 6. The summed E-state index contributed by atoms with van der Waals surface area (Å²) in [7, 11) is -3.98. The van der Waals surface area contributed by atoms with E-state index in [4.69, 9.17) is 14.6 Å². The van der Waals surface area contributed by atoms with Gasteiger partial charge in [-0.1, -0.05) is 0 Å². The number of aliphatic carboxylic acids is 1. The van der Waals surface area contributed by atoms with Crippen molar-refractivity contribution in [3.8, 4) is 11.5 Å². The zero-order valence-corrected chi connectivity index (χ0v) is 13.1. The van der Waals surface area contributed by atoms with Crippen molar-refractivity contribution in [2.45, 2.75) is 31.1 Å². The van der Waals surface area contributed by atoms with Crippen LogP contribution in [0.1, 0.15) is 24.8 Å². The molecule has 126 valence electrons. The van der Waals surface area contributed by atoms with Crippen LogP contribution in [0.15, 0.2) is 17.0 Å². The molecule has 0 bridgehead atoms. The van der Waals surface area contributed by atoms with Gasteiger partial charge in [-0.2, -0.15) is 0 Å². The van der Waals surface area contributed by atoms with Crippen LogP contribution in [-0.2, 0) is 19.6 Å². The smallest absolute Gasteiger partial charge is 0.303 e. The van der Waals surface area contributed by atoms with Crippen molar-refractivity contribution in [1.82, 2.24) is 10.3 Å². The molecular formula is C13H16N2O7S. The number of aryl methyl sites for hydroxylation is 1. The van der Waals surface area contributed by atoms with Gasteiger partial charge in [0.15, 0.2) is 11.5 Å². The number of ether oxygens (including phenoxy) is 2. The van der Waals surface area contributed by atoms with Crippen molar-refractivity contribution in [3.63, 3.8) is 0 Å². The highest BCUT2D eigenvalue weighted by atomic mass is 32.2. The number of hydrazine groups is 1. The predicted molar refractivity (Wildman–Crippen MR) is 77.3 cm³/mol. The second-order valence-electron chi connectivity index (χ2n) is 4.87. The molecule has 0 unspecified atom stereocenters. The molecule has 0 aromatic heterocycles. The Hall–Kier alpha value is -2.33. The lowest BCUT2D eigenvalue weighted by Crippen LogP contribution is -2.41. The zero-order chi connectivity index (χ0) is 17.0. The minimum atomic E-state index is -3.98. The molecule has 1 aromatic rings. The third-order valence-electron chi connectivity index (χ3n) is 3.08. The summed E-state index contributed by atoms with van der Waals surface area (Å²) in [6.45, 7) is 1.61. The molecule has 1 aromatic carbocycles. The number of benzene rings is 1.